The number of likely N-dealkylation sites (tertiary alicyclic amines) is 1. The molecule has 0 unspecified atom stereocenters. The predicted molar refractivity (Wildman–Crippen MR) is 112 cm³/mol. The van der Waals surface area contributed by atoms with Crippen molar-refractivity contribution in [2.24, 2.45) is 11.8 Å². The SMILES string of the molecule is Nc1ncc(CN2C[C@H]3C[C@@H](C2)[C@H](Cc2cccc(F)c2)N2C(=O)CCC[C@@H]32)s1. The van der Waals surface area contributed by atoms with Crippen molar-refractivity contribution in [1.82, 2.24) is 14.8 Å². The number of fused-ring (bicyclic) bond motifs is 4. The third-order valence-corrected chi connectivity index (χ3v) is 7.67. The number of nitrogens with zero attached hydrogens (tertiary/aromatic N) is 3. The fourth-order valence-electron chi connectivity index (χ4n) is 5.79. The van der Waals surface area contributed by atoms with Crippen LogP contribution in [0.4, 0.5) is 9.52 Å². The molecular weight excluding hydrogens is 387 g/mol. The number of hydrogen-bond donors (Lipinski definition) is 1. The number of halogens is 1. The van der Waals surface area contributed by atoms with E-state index in [1.807, 2.05) is 12.3 Å². The Hall–Kier alpha value is -1.99. The van der Waals surface area contributed by atoms with Crippen LogP contribution >= 0.6 is 11.3 Å². The van der Waals surface area contributed by atoms with Gasteiger partial charge in [-0.25, -0.2) is 9.37 Å². The molecule has 4 heterocycles. The summed E-state index contributed by atoms with van der Waals surface area (Å²) in [6, 6.07) is 7.33. The van der Waals surface area contributed by atoms with Gasteiger partial charge in [-0.2, -0.15) is 0 Å². The number of amides is 1. The van der Waals surface area contributed by atoms with Crippen molar-refractivity contribution in [2.75, 3.05) is 18.8 Å². The molecular formula is C22H27FN4OS. The molecule has 29 heavy (non-hydrogen) atoms. The zero-order valence-corrected chi connectivity index (χ0v) is 17.3. The molecule has 2 bridgehead atoms. The van der Waals surface area contributed by atoms with Crippen LogP contribution in [0.3, 0.4) is 0 Å². The van der Waals surface area contributed by atoms with Crippen LogP contribution in [0.25, 0.3) is 0 Å². The lowest BCUT2D eigenvalue weighted by Crippen LogP contribution is -2.65. The Morgan fingerprint density at radius 1 is 1.28 bits per heavy atom. The maximum atomic E-state index is 13.8. The number of carbonyl (C=O) groups excluding carboxylic acids is 1. The molecule has 3 aliphatic rings. The first kappa shape index (κ1) is 19.0. The Bertz CT molecular complexity index is 902. The standard InChI is InChI=1S/C22H27FN4OS/c23-17-4-1-3-14(7-17)8-20-16-9-15(19-5-2-6-21(28)27(19)20)11-26(12-16)13-18-10-25-22(24)29-18/h1,3-4,7,10,15-16,19-20H,2,5-6,8-9,11-13H2,(H2,24,25)/t15-,16+,19+,20+/m1/s1. The fraction of sp³-hybridized carbons (Fsp3) is 0.545. The third kappa shape index (κ3) is 3.78. The highest BCUT2D eigenvalue weighted by molar-refractivity contribution is 7.15. The molecule has 2 N–H and O–H groups in total. The Balaban J connectivity index is 1.41. The van der Waals surface area contributed by atoms with E-state index in [2.05, 4.69) is 14.8 Å². The summed E-state index contributed by atoms with van der Waals surface area (Å²) in [6.07, 6.45) is 6.50. The number of rotatable bonds is 4. The van der Waals surface area contributed by atoms with Crippen molar-refractivity contribution in [3.63, 3.8) is 0 Å². The van der Waals surface area contributed by atoms with E-state index in [1.165, 1.54) is 10.9 Å². The molecule has 5 nitrogen and oxygen atoms in total. The van der Waals surface area contributed by atoms with Crippen molar-refractivity contribution in [3.8, 4) is 0 Å². The van der Waals surface area contributed by atoms with E-state index in [-0.39, 0.29) is 11.9 Å². The number of nitrogens with two attached hydrogens (primary N) is 1. The topological polar surface area (TPSA) is 62.5 Å². The average molecular weight is 415 g/mol. The normalized spacial score (nSPS) is 29.7. The third-order valence-electron chi connectivity index (χ3n) is 6.86. The van der Waals surface area contributed by atoms with E-state index in [4.69, 9.17) is 5.73 Å². The van der Waals surface area contributed by atoms with Gasteiger partial charge in [0, 0.05) is 49.2 Å². The summed E-state index contributed by atoms with van der Waals surface area (Å²) in [6.45, 7) is 2.86. The first-order valence-electron chi connectivity index (χ1n) is 10.5. The van der Waals surface area contributed by atoms with Gasteiger partial charge in [0.1, 0.15) is 5.82 Å². The second-order valence-electron chi connectivity index (χ2n) is 8.78. The van der Waals surface area contributed by atoms with Crippen molar-refractivity contribution in [3.05, 3.63) is 46.7 Å². The van der Waals surface area contributed by atoms with Crippen molar-refractivity contribution in [1.29, 1.82) is 0 Å². The predicted octanol–water partition coefficient (Wildman–Crippen LogP) is 3.31. The molecule has 1 aromatic carbocycles. The van der Waals surface area contributed by atoms with Gasteiger partial charge in [-0.1, -0.05) is 12.1 Å². The van der Waals surface area contributed by atoms with Crippen LogP contribution in [0.15, 0.2) is 30.5 Å². The molecule has 3 fully saturated rings. The summed E-state index contributed by atoms with van der Waals surface area (Å²) in [5.74, 6) is 1.03. The fourth-order valence-corrected chi connectivity index (χ4v) is 6.51. The van der Waals surface area contributed by atoms with E-state index >= 15 is 0 Å². The van der Waals surface area contributed by atoms with Crippen molar-refractivity contribution < 1.29 is 9.18 Å². The Morgan fingerprint density at radius 3 is 2.93 bits per heavy atom. The smallest absolute Gasteiger partial charge is 0.223 e. The minimum Gasteiger partial charge on any atom is -0.375 e. The van der Waals surface area contributed by atoms with E-state index < -0.39 is 0 Å². The molecule has 3 saturated heterocycles. The van der Waals surface area contributed by atoms with Crippen LogP contribution in [0.5, 0.6) is 0 Å². The number of piperidine rings is 3. The highest BCUT2D eigenvalue weighted by Gasteiger charge is 2.49. The lowest BCUT2D eigenvalue weighted by atomic mass is 9.71. The molecule has 3 aliphatic heterocycles. The van der Waals surface area contributed by atoms with Gasteiger partial charge in [0.25, 0.3) is 0 Å². The first-order chi connectivity index (χ1) is 14.1. The van der Waals surface area contributed by atoms with Gasteiger partial charge < -0.3 is 10.6 Å². The molecule has 0 saturated carbocycles. The molecule has 4 atom stereocenters. The Labute approximate surface area is 174 Å². The number of nitrogen functional groups attached to an aromatic ring is 1. The number of benzene rings is 1. The van der Waals surface area contributed by atoms with Gasteiger partial charge >= 0.3 is 0 Å². The van der Waals surface area contributed by atoms with Crippen LogP contribution in [-0.4, -0.2) is 45.9 Å². The van der Waals surface area contributed by atoms with E-state index in [0.717, 1.165) is 50.9 Å². The lowest BCUT2D eigenvalue weighted by Gasteiger charge is -2.56. The number of aromatic nitrogens is 1. The zero-order chi connectivity index (χ0) is 20.0. The molecule has 1 amide bonds. The van der Waals surface area contributed by atoms with Gasteiger partial charge in [-0.3, -0.25) is 9.69 Å². The minimum absolute atomic E-state index is 0.153. The number of hydrogen-bond acceptors (Lipinski definition) is 5. The van der Waals surface area contributed by atoms with E-state index in [1.54, 1.807) is 23.5 Å². The maximum absolute atomic E-state index is 13.8. The number of thiazole rings is 1. The molecule has 1 aromatic heterocycles. The summed E-state index contributed by atoms with van der Waals surface area (Å²) in [4.78, 5) is 23.0. The van der Waals surface area contributed by atoms with Gasteiger partial charge in [0.2, 0.25) is 5.91 Å². The number of carbonyl (C=O) groups is 1. The number of anilines is 1. The van der Waals surface area contributed by atoms with Crippen LogP contribution in [0.2, 0.25) is 0 Å². The second-order valence-corrected chi connectivity index (χ2v) is 9.92. The van der Waals surface area contributed by atoms with Gasteiger partial charge in [-0.05, 0) is 55.2 Å². The highest BCUT2D eigenvalue weighted by atomic mass is 32.1. The van der Waals surface area contributed by atoms with Crippen LogP contribution in [0, 0.1) is 17.7 Å². The van der Waals surface area contributed by atoms with E-state index in [9.17, 15) is 9.18 Å². The van der Waals surface area contributed by atoms with E-state index in [0.29, 0.717) is 35.3 Å². The quantitative estimate of drug-likeness (QED) is 0.834. The van der Waals surface area contributed by atoms with Gasteiger partial charge in [0.15, 0.2) is 5.13 Å². The lowest BCUT2D eigenvalue weighted by molar-refractivity contribution is -0.152. The average Bonchev–Trinajstić information content (AvgIpc) is 3.10. The zero-order valence-electron chi connectivity index (χ0n) is 16.5. The molecule has 7 heteroatoms. The second kappa shape index (κ2) is 7.69. The summed E-state index contributed by atoms with van der Waals surface area (Å²) in [5, 5.41) is 0.616. The molecule has 0 spiro atoms. The molecule has 2 aromatic rings. The van der Waals surface area contributed by atoms with Crippen LogP contribution in [0.1, 0.15) is 36.1 Å². The Morgan fingerprint density at radius 2 is 2.14 bits per heavy atom. The van der Waals surface area contributed by atoms with Crippen molar-refractivity contribution in [2.45, 2.75) is 50.7 Å². The molecule has 0 aliphatic carbocycles. The summed E-state index contributed by atoms with van der Waals surface area (Å²) in [7, 11) is 0. The Kier molecular flexibility index (Phi) is 5.04. The van der Waals surface area contributed by atoms with Gasteiger partial charge in [0.05, 0.1) is 0 Å². The maximum Gasteiger partial charge on any atom is 0.223 e. The minimum atomic E-state index is -0.203. The highest BCUT2D eigenvalue weighted by Crippen LogP contribution is 2.43. The molecule has 154 valence electrons. The monoisotopic (exact) mass is 414 g/mol. The first-order valence-corrected chi connectivity index (χ1v) is 11.4. The summed E-state index contributed by atoms with van der Waals surface area (Å²) >= 11 is 1.56. The van der Waals surface area contributed by atoms with Crippen molar-refractivity contribution >= 4 is 22.4 Å². The molecule has 5 rings (SSSR count). The summed E-state index contributed by atoms with van der Waals surface area (Å²) in [5.41, 5.74) is 6.80. The van der Waals surface area contributed by atoms with Crippen LogP contribution < -0.4 is 5.73 Å². The summed E-state index contributed by atoms with van der Waals surface area (Å²) < 4.78 is 13.8. The largest absolute Gasteiger partial charge is 0.375 e. The molecule has 0 radical (unpaired) electrons. The van der Waals surface area contributed by atoms with Crippen LogP contribution in [-0.2, 0) is 17.8 Å². The van der Waals surface area contributed by atoms with Gasteiger partial charge in [-0.15, -0.1) is 11.3 Å².